The maximum Gasteiger partial charge on any atom is 0.255 e. The zero-order chi connectivity index (χ0) is 18.1. The lowest BCUT2D eigenvalue weighted by Crippen LogP contribution is -2.36. The van der Waals surface area contributed by atoms with Crippen LogP contribution in [0.5, 0.6) is 0 Å². The molecular formula is C19H18ClN3O2S. The van der Waals surface area contributed by atoms with Crippen LogP contribution in [0.25, 0.3) is 10.2 Å². The third-order valence-electron chi connectivity index (χ3n) is 4.44. The van der Waals surface area contributed by atoms with Crippen molar-refractivity contribution in [1.82, 2.24) is 4.98 Å². The molecule has 7 heteroatoms. The fourth-order valence-electron chi connectivity index (χ4n) is 2.88. The number of carbonyl (C=O) groups excluding carboxylic acids is 1. The van der Waals surface area contributed by atoms with Gasteiger partial charge < -0.3 is 15.0 Å². The molecule has 1 amide bonds. The van der Waals surface area contributed by atoms with Crippen molar-refractivity contribution in [3.05, 3.63) is 52.5 Å². The van der Waals surface area contributed by atoms with Gasteiger partial charge in [0, 0.05) is 29.4 Å². The minimum Gasteiger partial charge on any atom is -0.378 e. The minimum absolute atomic E-state index is 0.154. The molecule has 0 aliphatic carbocycles. The molecule has 1 aromatic heterocycles. The Morgan fingerprint density at radius 2 is 2.08 bits per heavy atom. The average Bonchev–Trinajstić information content (AvgIpc) is 3.09. The zero-order valence-electron chi connectivity index (χ0n) is 14.3. The van der Waals surface area contributed by atoms with E-state index >= 15 is 0 Å². The first-order valence-corrected chi connectivity index (χ1v) is 9.61. The Kier molecular flexibility index (Phi) is 4.80. The number of benzene rings is 2. The molecule has 0 atom stereocenters. The van der Waals surface area contributed by atoms with Crippen LogP contribution in [0.4, 0.5) is 10.8 Å². The van der Waals surface area contributed by atoms with Gasteiger partial charge in [0.1, 0.15) is 0 Å². The Bertz CT molecular complexity index is 967. The maximum absolute atomic E-state index is 12.6. The van der Waals surface area contributed by atoms with Crippen LogP contribution >= 0.6 is 22.9 Å². The van der Waals surface area contributed by atoms with E-state index in [9.17, 15) is 4.79 Å². The first-order chi connectivity index (χ1) is 12.6. The highest BCUT2D eigenvalue weighted by Crippen LogP contribution is 2.30. The summed E-state index contributed by atoms with van der Waals surface area (Å²) in [5.74, 6) is -0.154. The van der Waals surface area contributed by atoms with Gasteiger partial charge in [-0.1, -0.05) is 29.0 Å². The highest BCUT2D eigenvalue weighted by molar-refractivity contribution is 7.22. The molecule has 0 unspecified atom stereocenters. The predicted molar refractivity (Wildman–Crippen MR) is 107 cm³/mol. The van der Waals surface area contributed by atoms with Crippen molar-refractivity contribution in [1.29, 1.82) is 0 Å². The number of amides is 1. The lowest BCUT2D eigenvalue weighted by molar-refractivity contribution is 0.102. The summed E-state index contributed by atoms with van der Waals surface area (Å²) < 4.78 is 6.40. The number of aromatic nitrogens is 1. The predicted octanol–water partition coefficient (Wildman–Crippen LogP) is 4.35. The van der Waals surface area contributed by atoms with Gasteiger partial charge in [0.2, 0.25) is 0 Å². The fraction of sp³-hybridized carbons (Fsp3) is 0.263. The van der Waals surface area contributed by atoms with Gasteiger partial charge in [0.25, 0.3) is 5.91 Å². The van der Waals surface area contributed by atoms with Gasteiger partial charge in [-0.25, -0.2) is 4.98 Å². The van der Waals surface area contributed by atoms with E-state index in [0.29, 0.717) is 10.6 Å². The van der Waals surface area contributed by atoms with Crippen molar-refractivity contribution in [2.75, 3.05) is 36.5 Å². The monoisotopic (exact) mass is 387 g/mol. The third-order valence-corrected chi connectivity index (χ3v) is 5.93. The summed E-state index contributed by atoms with van der Waals surface area (Å²) >= 11 is 7.73. The largest absolute Gasteiger partial charge is 0.378 e. The van der Waals surface area contributed by atoms with Gasteiger partial charge in [-0.15, -0.1) is 0 Å². The van der Waals surface area contributed by atoms with E-state index in [4.69, 9.17) is 16.3 Å². The summed E-state index contributed by atoms with van der Waals surface area (Å²) in [6, 6.07) is 11.1. The molecule has 5 nitrogen and oxygen atoms in total. The normalized spacial score (nSPS) is 14.6. The van der Waals surface area contributed by atoms with E-state index in [1.807, 2.05) is 37.3 Å². The molecule has 1 N–H and O–H groups in total. The van der Waals surface area contributed by atoms with Crippen molar-refractivity contribution in [3.63, 3.8) is 0 Å². The highest BCUT2D eigenvalue weighted by Gasteiger charge is 2.16. The molecule has 0 spiro atoms. The van der Waals surface area contributed by atoms with Crippen LogP contribution in [0.3, 0.4) is 0 Å². The smallest absolute Gasteiger partial charge is 0.255 e. The summed E-state index contributed by atoms with van der Waals surface area (Å²) in [6.07, 6.45) is 0. The van der Waals surface area contributed by atoms with E-state index < -0.39 is 0 Å². The number of fused-ring (bicyclic) bond motifs is 1. The lowest BCUT2D eigenvalue weighted by atomic mass is 10.1. The van der Waals surface area contributed by atoms with E-state index in [1.54, 1.807) is 17.4 Å². The van der Waals surface area contributed by atoms with Crippen LogP contribution in [-0.4, -0.2) is 37.2 Å². The molecule has 26 heavy (non-hydrogen) atoms. The number of carbonyl (C=O) groups is 1. The number of halogens is 1. The number of nitrogens with one attached hydrogen (secondary N) is 1. The Labute approximate surface area is 160 Å². The second-order valence-electron chi connectivity index (χ2n) is 6.14. The van der Waals surface area contributed by atoms with Gasteiger partial charge in [-0.2, -0.15) is 0 Å². The SMILES string of the molecule is Cc1c(Cl)cccc1NC(=O)c1ccc2nc(N3CCOCC3)sc2c1. The number of hydrogen-bond donors (Lipinski definition) is 1. The molecule has 2 aromatic carbocycles. The first kappa shape index (κ1) is 17.3. The fourth-order valence-corrected chi connectivity index (χ4v) is 4.11. The van der Waals surface area contributed by atoms with Crippen LogP contribution in [0.15, 0.2) is 36.4 Å². The van der Waals surface area contributed by atoms with Gasteiger partial charge in [-0.3, -0.25) is 4.79 Å². The molecule has 4 rings (SSSR count). The number of anilines is 2. The van der Waals surface area contributed by atoms with Crippen LogP contribution < -0.4 is 10.2 Å². The molecule has 0 radical (unpaired) electrons. The minimum atomic E-state index is -0.154. The molecule has 2 heterocycles. The Hall–Kier alpha value is -2.15. The number of rotatable bonds is 3. The molecule has 0 bridgehead atoms. The van der Waals surface area contributed by atoms with E-state index in [2.05, 4.69) is 15.2 Å². The quantitative estimate of drug-likeness (QED) is 0.726. The Balaban J connectivity index is 1.58. The summed E-state index contributed by atoms with van der Waals surface area (Å²) in [5, 5.41) is 4.55. The van der Waals surface area contributed by atoms with Crippen LogP contribution in [-0.2, 0) is 4.74 Å². The van der Waals surface area contributed by atoms with Crippen LogP contribution in [0.2, 0.25) is 5.02 Å². The highest BCUT2D eigenvalue weighted by atomic mass is 35.5. The maximum atomic E-state index is 12.6. The van der Waals surface area contributed by atoms with Gasteiger partial charge in [-0.05, 0) is 42.8 Å². The second kappa shape index (κ2) is 7.23. The van der Waals surface area contributed by atoms with Crippen molar-refractivity contribution < 1.29 is 9.53 Å². The topological polar surface area (TPSA) is 54.5 Å². The van der Waals surface area contributed by atoms with Crippen LogP contribution in [0, 0.1) is 6.92 Å². The summed E-state index contributed by atoms with van der Waals surface area (Å²) in [4.78, 5) is 19.5. The van der Waals surface area contributed by atoms with Crippen molar-refractivity contribution in [2.45, 2.75) is 6.92 Å². The van der Waals surface area contributed by atoms with Gasteiger partial charge in [0.05, 0.1) is 23.4 Å². The molecule has 1 saturated heterocycles. The van der Waals surface area contributed by atoms with Gasteiger partial charge in [0.15, 0.2) is 5.13 Å². The number of morpholine rings is 1. The summed E-state index contributed by atoms with van der Waals surface area (Å²) in [6.45, 7) is 5.03. The molecule has 1 fully saturated rings. The Morgan fingerprint density at radius 1 is 1.27 bits per heavy atom. The van der Waals surface area contributed by atoms with E-state index in [-0.39, 0.29) is 5.91 Å². The van der Waals surface area contributed by atoms with Crippen molar-refractivity contribution in [2.24, 2.45) is 0 Å². The number of nitrogens with zero attached hydrogens (tertiary/aromatic N) is 2. The lowest BCUT2D eigenvalue weighted by Gasteiger charge is -2.25. The second-order valence-corrected chi connectivity index (χ2v) is 7.56. The number of ether oxygens (including phenoxy) is 1. The molecule has 0 saturated carbocycles. The summed E-state index contributed by atoms with van der Waals surface area (Å²) in [7, 11) is 0. The van der Waals surface area contributed by atoms with E-state index in [1.165, 1.54) is 0 Å². The first-order valence-electron chi connectivity index (χ1n) is 8.41. The Morgan fingerprint density at radius 3 is 2.88 bits per heavy atom. The standard InChI is InChI=1S/C19H18ClN3O2S/c1-12-14(20)3-2-4-15(12)21-18(24)13-5-6-16-17(11-13)26-19(22-16)23-7-9-25-10-8-23/h2-6,11H,7-10H2,1H3,(H,21,24). The van der Waals surface area contributed by atoms with E-state index in [0.717, 1.165) is 52.9 Å². The number of thiazole rings is 1. The molecule has 1 aliphatic rings. The van der Waals surface area contributed by atoms with Gasteiger partial charge >= 0.3 is 0 Å². The van der Waals surface area contributed by atoms with Crippen molar-refractivity contribution >= 4 is 49.9 Å². The molecule has 3 aromatic rings. The average molecular weight is 388 g/mol. The molecule has 1 aliphatic heterocycles. The zero-order valence-corrected chi connectivity index (χ0v) is 15.9. The summed E-state index contributed by atoms with van der Waals surface area (Å²) in [5.41, 5.74) is 3.10. The van der Waals surface area contributed by atoms with Crippen LogP contribution in [0.1, 0.15) is 15.9 Å². The molecule has 134 valence electrons. The third kappa shape index (κ3) is 3.40. The number of hydrogen-bond acceptors (Lipinski definition) is 5. The molecular weight excluding hydrogens is 370 g/mol. The van der Waals surface area contributed by atoms with Crippen molar-refractivity contribution in [3.8, 4) is 0 Å².